The van der Waals surface area contributed by atoms with Gasteiger partial charge in [0.25, 0.3) is 0 Å². The number of phenols is 1. The third-order valence-corrected chi connectivity index (χ3v) is 7.38. The summed E-state index contributed by atoms with van der Waals surface area (Å²) in [5.41, 5.74) is 2.87. The van der Waals surface area contributed by atoms with Crippen molar-refractivity contribution < 1.29 is 47.9 Å². The Bertz CT molecular complexity index is 1410. The van der Waals surface area contributed by atoms with Gasteiger partial charge in [-0.15, -0.1) is 0 Å². The second-order valence-electron chi connectivity index (χ2n) is 9.51. The van der Waals surface area contributed by atoms with Crippen LogP contribution in [0.4, 0.5) is 4.79 Å². The molecule has 202 valence electrons. The minimum absolute atomic E-state index is 0.0387. The predicted octanol–water partition coefficient (Wildman–Crippen LogP) is 4.33. The molecule has 2 aliphatic heterocycles. The molecule has 3 aliphatic rings. The van der Waals surface area contributed by atoms with Crippen molar-refractivity contribution in [3.8, 4) is 34.5 Å². The number of methoxy groups -OCH3 is 2. The summed E-state index contributed by atoms with van der Waals surface area (Å²) in [6.45, 7) is 0.212. The van der Waals surface area contributed by atoms with Gasteiger partial charge in [-0.3, -0.25) is 4.79 Å². The van der Waals surface area contributed by atoms with Crippen LogP contribution in [-0.2, 0) is 27.3 Å². The van der Waals surface area contributed by atoms with E-state index < -0.39 is 18.0 Å². The zero-order chi connectivity index (χ0) is 27.1. The van der Waals surface area contributed by atoms with Crippen LogP contribution in [-0.4, -0.2) is 44.9 Å². The van der Waals surface area contributed by atoms with Crippen molar-refractivity contribution in [2.75, 3.05) is 27.6 Å². The minimum atomic E-state index is -0.893. The number of fused-ring (bicyclic) bond motifs is 3. The summed E-state index contributed by atoms with van der Waals surface area (Å²) in [6, 6.07) is 14.4. The number of hydrogen-bond acceptors (Lipinski definition) is 10. The fourth-order valence-electron chi connectivity index (χ4n) is 5.61. The van der Waals surface area contributed by atoms with Crippen LogP contribution in [0.2, 0.25) is 0 Å². The van der Waals surface area contributed by atoms with Crippen LogP contribution in [0, 0.1) is 11.8 Å². The minimum Gasteiger partial charge on any atom is -0.502 e. The van der Waals surface area contributed by atoms with Gasteiger partial charge in [0.15, 0.2) is 23.0 Å². The quantitative estimate of drug-likeness (QED) is 0.362. The van der Waals surface area contributed by atoms with Crippen molar-refractivity contribution in [2.24, 2.45) is 11.8 Å². The molecule has 0 spiro atoms. The molecule has 0 saturated carbocycles. The Morgan fingerprint density at radius 1 is 1.03 bits per heavy atom. The predicted molar refractivity (Wildman–Crippen MR) is 135 cm³/mol. The Morgan fingerprint density at radius 3 is 2.49 bits per heavy atom. The smallest absolute Gasteiger partial charge is 0.502 e. The third-order valence-electron chi connectivity index (χ3n) is 7.38. The van der Waals surface area contributed by atoms with Crippen LogP contribution in [0.1, 0.15) is 28.2 Å². The van der Waals surface area contributed by atoms with Crippen molar-refractivity contribution in [3.63, 3.8) is 0 Å². The van der Waals surface area contributed by atoms with Crippen LogP contribution in [0.25, 0.3) is 0 Å². The Morgan fingerprint density at radius 2 is 1.77 bits per heavy atom. The van der Waals surface area contributed by atoms with E-state index in [1.807, 2.05) is 30.3 Å². The van der Waals surface area contributed by atoms with Crippen LogP contribution in [0.5, 0.6) is 34.5 Å². The molecule has 0 radical (unpaired) electrons. The molecular weight excluding hydrogens is 508 g/mol. The van der Waals surface area contributed by atoms with Gasteiger partial charge in [0.05, 0.1) is 26.7 Å². The lowest BCUT2D eigenvalue weighted by Gasteiger charge is -2.34. The molecule has 1 fully saturated rings. The number of esters is 1. The number of carbonyl (C=O) groups is 2. The molecule has 1 aliphatic carbocycles. The molecule has 39 heavy (non-hydrogen) atoms. The summed E-state index contributed by atoms with van der Waals surface area (Å²) in [4.78, 5) is 25.8. The Kier molecular flexibility index (Phi) is 6.30. The van der Waals surface area contributed by atoms with Gasteiger partial charge in [0.1, 0.15) is 6.61 Å². The molecule has 0 bridgehead atoms. The molecule has 3 aromatic rings. The molecule has 10 nitrogen and oxygen atoms in total. The van der Waals surface area contributed by atoms with Crippen LogP contribution in [0.15, 0.2) is 48.5 Å². The largest absolute Gasteiger partial charge is 0.514 e. The number of phenolic OH excluding ortho intramolecular Hbond substituents is 1. The van der Waals surface area contributed by atoms with E-state index in [2.05, 4.69) is 0 Å². The first-order valence-corrected chi connectivity index (χ1v) is 12.4. The number of rotatable bonds is 6. The number of aromatic hydroxyl groups is 1. The van der Waals surface area contributed by atoms with Gasteiger partial charge in [-0.1, -0.05) is 30.3 Å². The zero-order valence-electron chi connectivity index (χ0n) is 21.3. The Labute approximate surface area is 223 Å². The maximum absolute atomic E-state index is 13.0. The molecule has 0 aromatic heterocycles. The first kappa shape index (κ1) is 24.7. The molecule has 0 unspecified atom stereocenters. The second kappa shape index (κ2) is 9.94. The molecule has 3 aromatic carbocycles. The topological polar surface area (TPSA) is 119 Å². The lowest BCUT2D eigenvalue weighted by molar-refractivity contribution is -0.141. The van der Waals surface area contributed by atoms with E-state index in [4.69, 9.17) is 33.2 Å². The van der Waals surface area contributed by atoms with E-state index in [0.29, 0.717) is 34.6 Å². The van der Waals surface area contributed by atoms with E-state index in [1.165, 1.54) is 14.2 Å². The first-order valence-electron chi connectivity index (χ1n) is 12.4. The summed E-state index contributed by atoms with van der Waals surface area (Å²) in [7, 11) is 2.87. The number of cyclic esters (lactones) is 1. The van der Waals surface area contributed by atoms with E-state index in [0.717, 1.165) is 5.56 Å². The maximum Gasteiger partial charge on any atom is 0.514 e. The molecule has 0 amide bonds. The fraction of sp³-hybridized carbons (Fsp3) is 0.310. The van der Waals surface area contributed by atoms with Crippen molar-refractivity contribution in [1.29, 1.82) is 0 Å². The van der Waals surface area contributed by atoms with Gasteiger partial charge in [-0.2, -0.15) is 0 Å². The lowest BCUT2D eigenvalue weighted by Crippen LogP contribution is -2.32. The summed E-state index contributed by atoms with van der Waals surface area (Å²) in [6.07, 6.45) is -0.484. The van der Waals surface area contributed by atoms with Gasteiger partial charge in [-0.25, -0.2) is 4.79 Å². The molecule has 6 rings (SSSR count). The highest BCUT2D eigenvalue weighted by molar-refractivity contribution is 5.80. The highest BCUT2D eigenvalue weighted by Gasteiger charge is 2.50. The Hall–Kier alpha value is -4.60. The Balaban J connectivity index is 1.44. The first-order chi connectivity index (χ1) is 19.0. The van der Waals surface area contributed by atoms with Crippen LogP contribution in [0.3, 0.4) is 0 Å². The second-order valence-corrected chi connectivity index (χ2v) is 9.51. The standard InChI is InChI=1S/C29H26O10/c1-33-20-9-16(10-21(34-2)25(20)30)23-18-11-22-27(38-14-37-22)26(19(18)8-17-13-35-28(31)24(17)23)39-29(32)36-12-15-6-4-3-5-7-15/h3-7,9-11,17,23-24,30H,8,12-14H2,1-2H3/t17-,23+,24-/m0/s1. The van der Waals surface area contributed by atoms with Crippen LogP contribution < -0.4 is 23.7 Å². The van der Waals surface area contributed by atoms with Crippen molar-refractivity contribution in [2.45, 2.75) is 18.9 Å². The molecule has 2 heterocycles. The summed E-state index contributed by atoms with van der Waals surface area (Å²) in [5.74, 6) is -0.459. The van der Waals surface area contributed by atoms with E-state index in [1.54, 1.807) is 18.2 Å². The SMILES string of the molecule is COc1cc([C@@H]2c3cc4c(c(OC(=O)OCc5ccccc5)c3C[C@H]3COC(=O)[C@@H]32)OCO4)cc(OC)c1O. The van der Waals surface area contributed by atoms with E-state index >= 15 is 0 Å². The van der Waals surface area contributed by atoms with E-state index in [-0.39, 0.29) is 54.9 Å². The van der Waals surface area contributed by atoms with Gasteiger partial charge < -0.3 is 38.3 Å². The number of benzene rings is 3. The summed E-state index contributed by atoms with van der Waals surface area (Å²) in [5, 5.41) is 10.5. The van der Waals surface area contributed by atoms with E-state index in [9.17, 15) is 14.7 Å². The summed E-state index contributed by atoms with van der Waals surface area (Å²) < 4.78 is 38.8. The van der Waals surface area contributed by atoms with Crippen molar-refractivity contribution in [1.82, 2.24) is 0 Å². The molecule has 3 atom stereocenters. The molecule has 1 N–H and O–H groups in total. The zero-order valence-corrected chi connectivity index (χ0v) is 21.3. The number of hydrogen-bond donors (Lipinski definition) is 1. The average molecular weight is 535 g/mol. The highest BCUT2D eigenvalue weighted by Crippen LogP contribution is 2.56. The monoisotopic (exact) mass is 534 g/mol. The normalized spacial score (nSPS) is 20.5. The van der Waals surface area contributed by atoms with Gasteiger partial charge in [0.2, 0.25) is 18.3 Å². The van der Waals surface area contributed by atoms with Gasteiger partial charge in [0, 0.05) is 17.4 Å². The summed E-state index contributed by atoms with van der Waals surface area (Å²) >= 11 is 0. The molecule has 10 heteroatoms. The highest BCUT2D eigenvalue weighted by atomic mass is 16.7. The average Bonchev–Trinajstić information content (AvgIpc) is 3.58. The van der Waals surface area contributed by atoms with Crippen molar-refractivity contribution in [3.05, 3.63) is 70.8 Å². The van der Waals surface area contributed by atoms with Crippen LogP contribution >= 0.6 is 0 Å². The van der Waals surface area contributed by atoms with Gasteiger partial charge in [-0.05, 0) is 41.3 Å². The number of ether oxygens (including phenoxy) is 7. The number of carbonyl (C=O) groups excluding carboxylic acids is 2. The van der Waals surface area contributed by atoms with Gasteiger partial charge >= 0.3 is 12.1 Å². The fourth-order valence-corrected chi connectivity index (χ4v) is 5.61. The lowest BCUT2D eigenvalue weighted by atomic mass is 9.67. The van der Waals surface area contributed by atoms with Crippen molar-refractivity contribution >= 4 is 12.1 Å². The molecular formula is C29H26O10. The maximum atomic E-state index is 13.0. The molecule has 1 saturated heterocycles. The third kappa shape index (κ3) is 4.31.